The lowest BCUT2D eigenvalue weighted by molar-refractivity contribution is 0.0662. The smallest absolute Gasteiger partial charge is 0.0762 e. The molecule has 0 aromatic carbocycles. The van der Waals surface area contributed by atoms with Gasteiger partial charge in [0, 0.05) is 33.0 Å². The monoisotopic (exact) mass is 209 g/mol. The van der Waals surface area contributed by atoms with E-state index in [0.717, 1.165) is 37.9 Å². The van der Waals surface area contributed by atoms with Crippen molar-refractivity contribution in [1.82, 2.24) is 15.1 Å². The number of nitrogens with one attached hydrogen (secondary N) is 1. The van der Waals surface area contributed by atoms with Crippen LogP contribution in [0.5, 0.6) is 0 Å². The van der Waals surface area contributed by atoms with Gasteiger partial charge in [-0.1, -0.05) is 0 Å². The molecule has 1 aliphatic rings. The minimum absolute atomic E-state index is 0.780. The van der Waals surface area contributed by atoms with E-state index in [4.69, 9.17) is 4.74 Å². The molecular formula is C11H19N3O. The van der Waals surface area contributed by atoms with Crippen molar-refractivity contribution >= 4 is 0 Å². The lowest BCUT2D eigenvalue weighted by Crippen LogP contribution is -2.27. The van der Waals surface area contributed by atoms with Crippen molar-refractivity contribution in [3.8, 4) is 0 Å². The van der Waals surface area contributed by atoms with Gasteiger partial charge in [-0.25, -0.2) is 0 Å². The molecule has 2 rings (SSSR count). The van der Waals surface area contributed by atoms with Crippen LogP contribution in [-0.4, -0.2) is 29.5 Å². The second-order valence-electron chi connectivity index (χ2n) is 4.17. The number of nitrogens with zero attached hydrogens (tertiary/aromatic N) is 2. The van der Waals surface area contributed by atoms with E-state index in [1.54, 1.807) is 0 Å². The molecule has 0 radical (unpaired) electrons. The van der Waals surface area contributed by atoms with Crippen LogP contribution in [0.25, 0.3) is 0 Å². The Hall–Kier alpha value is -0.870. The van der Waals surface area contributed by atoms with Crippen LogP contribution >= 0.6 is 0 Å². The number of hydrogen-bond donors (Lipinski definition) is 1. The zero-order chi connectivity index (χ0) is 10.5. The highest BCUT2D eigenvalue weighted by Gasteiger charge is 2.12. The maximum atomic E-state index is 5.32. The molecule has 15 heavy (non-hydrogen) atoms. The Bertz CT molecular complexity index is 292. The number of rotatable bonds is 4. The summed E-state index contributed by atoms with van der Waals surface area (Å²) >= 11 is 0. The van der Waals surface area contributed by atoms with Crippen LogP contribution in [0.1, 0.15) is 18.5 Å². The van der Waals surface area contributed by atoms with Gasteiger partial charge in [0.2, 0.25) is 0 Å². The summed E-state index contributed by atoms with van der Waals surface area (Å²) in [4.78, 5) is 0. The zero-order valence-corrected chi connectivity index (χ0v) is 9.28. The molecule has 1 aliphatic heterocycles. The molecule has 1 fully saturated rings. The van der Waals surface area contributed by atoms with Crippen molar-refractivity contribution in [2.24, 2.45) is 13.0 Å². The lowest BCUT2D eigenvalue weighted by Gasteiger charge is -2.21. The van der Waals surface area contributed by atoms with Crippen molar-refractivity contribution < 1.29 is 4.74 Å². The summed E-state index contributed by atoms with van der Waals surface area (Å²) in [5, 5.41) is 7.78. The molecule has 2 heterocycles. The molecular weight excluding hydrogens is 190 g/mol. The zero-order valence-electron chi connectivity index (χ0n) is 9.28. The first-order chi connectivity index (χ1) is 7.34. The third-order valence-electron chi connectivity index (χ3n) is 2.85. The molecule has 0 spiro atoms. The molecule has 1 saturated heterocycles. The Morgan fingerprint density at radius 2 is 2.33 bits per heavy atom. The van der Waals surface area contributed by atoms with Gasteiger partial charge >= 0.3 is 0 Å². The first-order valence-electron chi connectivity index (χ1n) is 5.61. The number of ether oxygens (including phenoxy) is 1. The molecule has 0 bridgehead atoms. The number of aromatic nitrogens is 2. The normalized spacial score (nSPS) is 18.2. The highest BCUT2D eigenvalue weighted by Crippen LogP contribution is 2.13. The summed E-state index contributed by atoms with van der Waals surface area (Å²) in [6, 6.07) is 2.05. The van der Waals surface area contributed by atoms with E-state index in [9.17, 15) is 0 Å². The first-order valence-corrected chi connectivity index (χ1v) is 5.61. The van der Waals surface area contributed by atoms with Crippen LogP contribution in [0.15, 0.2) is 12.3 Å². The maximum Gasteiger partial charge on any atom is 0.0762 e. The standard InChI is InChI=1S/C11H19N3O/c1-14-5-2-11(13-14)9-12-8-10-3-6-15-7-4-10/h2,5,10,12H,3-4,6-9H2,1H3. The third-order valence-corrected chi connectivity index (χ3v) is 2.85. The van der Waals surface area contributed by atoms with Gasteiger partial charge in [-0.2, -0.15) is 5.10 Å². The highest BCUT2D eigenvalue weighted by atomic mass is 16.5. The van der Waals surface area contributed by atoms with Gasteiger partial charge in [0.05, 0.1) is 5.69 Å². The Morgan fingerprint density at radius 3 is 3.00 bits per heavy atom. The summed E-state index contributed by atoms with van der Waals surface area (Å²) in [7, 11) is 1.95. The fraction of sp³-hybridized carbons (Fsp3) is 0.727. The first kappa shape index (κ1) is 10.6. The lowest BCUT2D eigenvalue weighted by atomic mass is 10.0. The largest absolute Gasteiger partial charge is 0.381 e. The van der Waals surface area contributed by atoms with Crippen LogP contribution in [0.4, 0.5) is 0 Å². The molecule has 1 aromatic heterocycles. The van der Waals surface area contributed by atoms with Crippen molar-refractivity contribution in [1.29, 1.82) is 0 Å². The summed E-state index contributed by atoms with van der Waals surface area (Å²) in [6.45, 7) is 3.81. The van der Waals surface area contributed by atoms with E-state index in [-0.39, 0.29) is 0 Å². The van der Waals surface area contributed by atoms with Crippen LogP contribution in [0, 0.1) is 5.92 Å². The van der Waals surface area contributed by atoms with Crippen LogP contribution in [-0.2, 0) is 18.3 Å². The van der Waals surface area contributed by atoms with Gasteiger partial charge in [0.1, 0.15) is 0 Å². The summed E-state index contributed by atoms with van der Waals surface area (Å²) in [6.07, 6.45) is 4.36. The predicted molar refractivity (Wildman–Crippen MR) is 58.5 cm³/mol. The van der Waals surface area contributed by atoms with Crippen molar-refractivity contribution in [3.63, 3.8) is 0 Å². The summed E-state index contributed by atoms with van der Waals surface area (Å²) < 4.78 is 7.16. The van der Waals surface area contributed by atoms with E-state index < -0.39 is 0 Å². The van der Waals surface area contributed by atoms with Gasteiger partial charge in [0.15, 0.2) is 0 Å². The summed E-state index contributed by atoms with van der Waals surface area (Å²) in [5.41, 5.74) is 1.12. The number of aryl methyl sites for hydroxylation is 1. The van der Waals surface area contributed by atoms with Gasteiger partial charge in [0.25, 0.3) is 0 Å². The minimum Gasteiger partial charge on any atom is -0.381 e. The predicted octanol–water partition coefficient (Wildman–Crippen LogP) is 0.936. The molecule has 4 heteroatoms. The summed E-state index contributed by atoms with van der Waals surface area (Å²) in [5.74, 6) is 0.780. The van der Waals surface area contributed by atoms with Crippen molar-refractivity contribution in [3.05, 3.63) is 18.0 Å². The Morgan fingerprint density at radius 1 is 1.53 bits per heavy atom. The van der Waals surface area contributed by atoms with Crippen molar-refractivity contribution in [2.75, 3.05) is 19.8 Å². The SMILES string of the molecule is Cn1ccc(CNCC2CCOCC2)n1. The second-order valence-corrected chi connectivity index (χ2v) is 4.17. The van der Waals surface area contributed by atoms with Gasteiger partial charge < -0.3 is 10.1 Å². The Kier molecular flexibility index (Phi) is 3.75. The molecule has 1 aromatic rings. The second kappa shape index (κ2) is 5.28. The van der Waals surface area contributed by atoms with Gasteiger partial charge in [-0.05, 0) is 31.4 Å². The van der Waals surface area contributed by atoms with E-state index >= 15 is 0 Å². The fourth-order valence-electron chi connectivity index (χ4n) is 1.91. The van der Waals surface area contributed by atoms with Gasteiger partial charge in [-0.3, -0.25) is 4.68 Å². The highest BCUT2D eigenvalue weighted by molar-refractivity contribution is 4.97. The quantitative estimate of drug-likeness (QED) is 0.802. The average Bonchev–Trinajstić information content (AvgIpc) is 2.66. The number of hydrogen-bond acceptors (Lipinski definition) is 3. The molecule has 0 unspecified atom stereocenters. The maximum absolute atomic E-state index is 5.32. The van der Waals surface area contributed by atoms with Crippen LogP contribution in [0.2, 0.25) is 0 Å². The molecule has 4 nitrogen and oxygen atoms in total. The molecule has 0 saturated carbocycles. The molecule has 0 aliphatic carbocycles. The topological polar surface area (TPSA) is 39.1 Å². The average molecular weight is 209 g/mol. The van der Waals surface area contributed by atoms with E-state index in [1.165, 1.54) is 12.8 Å². The van der Waals surface area contributed by atoms with Crippen molar-refractivity contribution in [2.45, 2.75) is 19.4 Å². The van der Waals surface area contributed by atoms with E-state index in [2.05, 4.69) is 16.5 Å². The minimum atomic E-state index is 0.780. The van der Waals surface area contributed by atoms with Crippen LogP contribution < -0.4 is 5.32 Å². The van der Waals surface area contributed by atoms with E-state index in [1.807, 2.05) is 17.9 Å². The molecule has 0 atom stereocenters. The molecule has 84 valence electrons. The fourth-order valence-corrected chi connectivity index (χ4v) is 1.91. The van der Waals surface area contributed by atoms with Gasteiger partial charge in [-0.15, -0.1) is 0 Å². The Balaban J connectivity index is 1.65. The molecule has 1 N–H and O–H groups in total. The third kappa shape index (κ3) is 3.32. The van der Waals surface area contributed by atoms with E-state index in [0.29, 0.717) is 0 Å². The molecule has 0 amide bonds. The Labute approximate surface area is 90.6 Å². The van der Waals surface area contributed by atoms with Crippen LogP contribution in [0.3, 0.4) is 0 Å².